The summed E-state index contributed by atoms with van der Waals surface area (Å²) >= 11 is 0. The molecule has 0 heterocycles. The molecule has 5 heteroatoms. The van der Waals surface area contributed by atoms with Crippen LogP contribution in [0.5, 0.6) is 0 Å². The van der Waals surface area contributed by atoms with E-state index in [2.05, 4.69) is 0 Å². The van der Waals surface area contributed by atoms with E-state index < -0.39 is 5.97 Å². The van der Waals surface area contributed by atoms with Gasteiger partial charge in [-0.15, -0.1) is 0 Å². The van der Waals surface area contributed by atoms with Gasteiger partial charge in [-0.1, -0.05) is 40.6 Å². The zero-order chi connectivity index (χ0) is 12.7. The van der Waals surface area contributed by atoms with Gasteiger partial charge in [0.25, 0.3) is 0 Å². The molecule has 1 aromatic rings. The van der Waals surface area contributed by atoms with Gasteiger partial charge in [0.15, 0.2) is 0 Å². The van der Waals surface area contributed by atoms with Gasteiger partial charge in [-0.05, 0) is 24.1 Å². The van der Waals surface area contributed by atoms with Gasteiger partial charge in [0.05, 0.1) is 12.5 Å². The fourth-order valence-electron chi connectivity index (χ4n) is 1.20. The third-order valence-electron chi connectivity index (χ3n) is 2.37. The van der Waals surface area contributed by atoms with Crippen molar-refractivity contribution in [1.82, 2.24) is 0 Å². The van der Waals surface area contributed by atoms with E-state index in [4.69, 9.17) is 10.2 Å². The van der Waals surface area contributed by atoms with Crippen LogP contribution < -0.4 is 0 Å². The summed E-state index contributed by atoms with van der Waals surface area (Å²) < 4.78 is 0. The standard InChI is InChI=1S/C12H16O3S2/c1-2-10(12(14)15)8-16-17-11-5-3-9(7-13)4-6-11/h3-6,10,13H,2,7-8H2,1H3,(H,14,15). The van der Waals surface area contributed by atoms with Crippen molar-refractivity contribution < 1.29 is 15.0 Å². The number of benzene rings is 1. The number of aliphatic hydroxyl groups is 1. The molecule has 0 amide bonds. The first-order valence-corrected chi connectivity index (χ1v) is 7.71. The molecule has 17 heavy (non-hydrogen) atoms. The molecule has 0 spiro atoms. The molecule has 0 aliphatic heterocycles. The molecule has 1 aromatic carbocycles. The van der Waals surface area contributed by atoms with Crippen molar-refractivity contribution in [3.05, 3.63) is 29.8 Å². The Balaban J connectivity index is 2.37. The first-order chi connectivity index (χ1) is 8.17. The number of rotatable bonds is 7. The predicted molar refractivity (Wildman–Crippen MR) is 72.1 cm³/mol. The van der Waals surface area contributed by atoms with E-state index in [1.165, 1.54) is 0 Å². The maximum Gasteiger partial charge on any atom is 0.307 e. The zero-order valence-corrected chi connectivity index (χ0v) is 11.3. The number of carboxylic acids is 1. The Morgan fingerprint density at radius 2 is 2.00 bits per heavy atom. The molecule has 3 nitrogen and oxygen atoms in total. The lowest BCUT2D eigenvalue weighted by atomic mass is 10.1. The highest BCUT2D eigenvalue weighted by atomic mass is 33.1. The molecule has 0 saturated heterocycles. The maximum atomic E-state index is 10.8. The molecule has 1 unspecified atom stereocenters. The van der Waals surface area contributed by atoms with Gasteiger partial charge < -0.3 is 10.2 Å². The minimum atomic E-state index is -0.726. The summed E-state index contributed by atoms with van der Waals surface area (Å²) in [4.78, 5) is 11.9. The van der Waals surface area contributed by atoms with Crippen molar-refractivity contribution >= 4 is 27.6 Å². The van der Waals surface area contributed by atoms with Crippen molar-refractivity contribution in [1.29, 1.82) is 0 Å². The third kappa shape index (κ3) is 5.02. The Labute approximate surface area is 109 Å². The predicted octanol–water partition coefficient (Wildman–Crippen LogP) is 3.03. The molecule has 94 valence electrons. The van der Waals surface area contributed by atoms with Crippen LogP contribution in [-0.4, -0.2) is 21.9 Å². The highest BCUT2D eigenvalue weighted by molar-refractivity contribution is 8.76. The van der Waals surface area contributed by atoms with Crippen LogP contribution >= 0.6 is 21.6 Å². The van der Waals surface area contributed by atoms with Crippen molar-refractivity contribution in [2.24, 2.45) is 5.92 Å². The molecule has 0 bridgehead atoms. The number of hydrogen-bond donors (Lipinski definition) is 2. The van der Waals surface area contributed by atoms with Crippen LogP contribution in [0.1, 0.15) is 18.9 Å². The fourth-order valence-corrected chi connectivity index (χ4v) is 3.63. The van der Waals surface area contributed by atoms with Crippen molar-refractivity contribution in [3.63, 3.8) is 0 Å². The summed E-state index contributed by atoms with van der Waals surface area (Å²) in [5, 5.41) is 17.8. The van der Waals surface area contributed by atoms with Gasteiger partial charge in [0.1, 0.15) is 0 Å². The molecular weight excluding hydrogens is 256 g/mol. The molecule has 0 saturated carbocycles. The number of aliphatic carboxylic acids is 1. The van der Waals surface area contributed by atoms with Gasteiger partial charge >= 0.3 is 5.97 Å². The van der Waals surface area contributed by atoms with Crippen LogP contribution in [0.2, 0.25) is 0 Å². The topological polar surface area (TPSA) is 57.5 Å². The van der Waals surface area contributed by atoms with Crippen molar-refractivity contribution in [3.8, 4) is 0 Å². The number of hydrogen-bond acceptors (Lipinski definition) is 4. The normalized spacial score (nSPS) is 12.4. The Bertz CT molecular complexity index is 351. The van der Waals surface area contributed by atoms with Gasteiger partial charge in [-0.3, -0.25) is 4.79 Å². The van der Waals surface area contributed by atoms with Crippen LogP contribution in [0.3, 0.4) is 0 Å². The minimum absolute atomic E-state index is 0.0506. The minimum Gasteiger partial charge on any atom is -0.481 e. The maximum absolute atomic E-state index is 10.8. The second-order valence-corrected chi connectivity index (χ2v) is 6.03. The average molecular weight is 272 g/mol. The quantitative estimate of drug-likeness (QED) is 0.747. The number of carbonyl (C=O) groups is 1. The van der Waals surface area contributed by atoms with Crippen molar-refractivity contribution in [2.45, 2.75) is 24.8 Å². The number of carboxylic acid groups (broad SMARTS) is 1. The lowest BCUT2D eigenvalue weighted by molar-refractivity contribution is -0.140. The van der Waals surface area contributed by atoms with Crippen LogP contribution in [0.25, 0.3) is 0 Å². The summed E-state index contributed by atoms with van der Waals surface area (Å²) in [6.07, 6.45) is 0.659. The van der Waals surface area contributed by atoms with Crippen LogP contribution in [0.15, 0.2) is 29.2 Å². The van der Waals surface area contributed by atoms with Gasteiger partial charge in [0, 0.05) is 10.6 Å². The molecule has 1 atom stereocenters. The SMILES string of the molecule is CCC(CSSc1ccc(CO)cc1)C(=O)O. The highest BCUT2D eigenvalue weighted by Crippen LogP contribution is 2.33. The monoisotopic (exact) mass is 272 g/mol. The summed E-state index contributed by atoms with van der Waals surface area (Å²) in [5.74, 6) is -0.390. The molecule has 0 aliphatic rings. The van der Waals surface area contributed by atoms with Gasteiger partial charge in [0.2, 0.25) is 0 Å². The van der Waals surface area contributed by atoms with Gasteiger partial charge in [-0.2, -0.15) is 0 Å². The second kappa shape index (κ2) is 7.63. The molecule has 1 rings (SSSR count). The van der Waals surface area contributed by atoms with E-state index >= 15 is 0 Å². The first-order valence-electron chi connectivity index (χ1n) is 5.39. The lowest BCUT2D eigenvalue weighted by Crippen LogP contribution is -2.14. The van der Waals surface area contributed by atoms with E-state index in [1.807, 2.05) is 31.2 Å². The number of aliphatic hydroxyl groups excluding tert-OH is 1. The Morgan fingerprint density at radius 3 is 2.47 bits per heavy atom. The first kappa shape index (κ1) is 14.4. The smallest absolute Gasteiger partial charge is 0.307 e. The van der Waals surface area contributed by atoms with Crippen molar-refractivity contribution in [2.75, 3.05) is 5.75 Å². The van der Waals surface area contributed by atoms with E-state index in [0.29, 0.717) is 12.2 Å². The molecule has 2 N–H and O–H groups in total. The molecule has 0 aliphatic carbocycles. The lowest BCUT2D eigenvalue weighted by Gasteiger charge is -2.08. The average Bonchev–Trinajstić information content (AvgIpc) is 2.35. The fraction of sp³-hybridized carbons (Fsp3) is 0.417. The highest BCUT2D eigenvalue weighted by Gasteiger charge is 2.14. The van der Waals surface area contributed by atoms with E-state index in [-0.39, 0.29) is 12.5 Å². The van der Waals surface area contributed by atoms with Gasteiger partial charge in [-0.25, -0.2) is 0 Å². The van der Waals surface area contributed by atoms with Crippen LogP contribution in [0, 0.1) is 5.92 Å². The van der Waals surface area contributed by atoms with E-state index in [9.17, 15) is 4.79 Å². The largest absolute Gasteiger partial charge is 0.481 e. The molecule has 0 radical (unpaired) electrons. The van der Waals surface area contributed by atoms with E-state index in [1.54, 1.807) is 21.6 Å². The van der Waals surface area contributed by atoms with Crippen LogP contribution in [-0.2, 0) is 11.4 Å². The summed E-state index contributed by atoms with van der Waals surface area (Å²) in [6, 6.07) is 7.62. The molecule has 0 aromatic heterocycles. The Morgan fingerprint density at radius 1 is 1.35 bits per heavy atom. The summed E-state index contributed by atoms with van der Waals surface area (Å²) in [6.45, 7) is 1.94. The molecule has 0 fully saturated rings. The summed E-state index contributed by atoms with van der Waals surface area (Å²) in [7, 11) is 3.13. The summed E-state index contributed by atoms with van der Waals surface area (Å²) in [5.41, 5.74) is 0.885. The Kier molecular flexibility index (Phi) is 6.47. The Hall–Kier alpha value is -0.650. The second-order valence-electron chi connectivity index (χ2n) is 3.61. The zero-order valence-electron chi connectivity index (χ0n) is 9.63. The third-order valence-corrected chi connectivity index (χ3v) is 4.83. The van der Waals surface area contributed by atoms with E-state index in [0.717, 1.165) is 10.5 Å². The molecular formula is C12H16O3S2. The van der Waals surface area contributed by atoms with Crippen LogP contribution in [0.4, 0.5) is 0 Å².